The number of alkyl halides is 1. The molecule has 1 aromatic heterocycles. The molecule has 1 rings (SSSR count). The number of nitrogens with one attached hydrogen (secondary N) is 1. The zero-order valence-corrected chi connectivity index (χ0v) is 12.9. The number of hydrogen-bond acceptors (Lipinski definition) is 3. The highest BCUT2D eigenvalue weighted by atomic mass is 35.5. The number of aromatic nitrogens is 2. The van der Waals surface area contributed by atoms with Crippen LogP contribution in [0.5, 0.6) is 0 Å². The maximum absolute atomic E-state index is 12.2. The second-order valence-corrected chi connectivity index (χ2v) is 7.14. The molecule has 0 aliphatic carbocycles. The number of hydrogen-bond donors (Lipinski definition) is 1. The van der Waals surface area contributed by atoms with E-state index < -0.39 is 15.6 Å². The van der Waals surface area contributed by atoms with Crippen LogP contribution in [0.4, 0.5) is 0 Å². The van der Waals surface area contributed by atoms with Crippen LogP contribution in [0.1, 0.15) is 33.5 Å². The molecule has 0 bridgehead atoms. The Bertz CT molecular complexity index is 520. The normalized spacial score (nSPS) is 14.8. The van der Waals surface area contributed by atoms with Gasteiger partial charge in [-0.2, -0.15) is 0 Å². The molecular weight excluding hydrogens is 274 g/mol. The summed E-state index contributed by atoms with van der Waals surface area (Å²) in [5.74, 6) is 0.676. The van der Waals surface area contributed by atoms with E-state index in [1.54, 1.807) is 32.3 Å². The number of halogens is 1. The van der Waals surface area contributed by atoms with Crippen LogP contribution in [0.25, 0.3) is 0 Å². The molecule has 0 aromatic carbocycles. The zero-order valence-electron chi connectivity index (χ0n) is 11.4. The minimum atomic E-state index is -3.64. The summed E-state index contributed by atoms with van der Waals surface area (Å²) in [6, 6.07) is 0. The Morgan fingerprint density at radius 2 is 2.11 bits per heavy atom. The van der Waals surface area contributed by atoms with Crippen LogP contribution in [-0.4, -0.2) is 28.9 Å². The molecule has 1 atom stereocenters. The maximum atomic E-state index is 12.2. The minimum Gasteiger partial charge on any atom is -0.334 e. The Morgan fingerprint density at radius 1 is 1.56 bits per heavy atom. The average Bonchev–Trinajstić information content (AvgIpc) is 2.58. The lowest BCUT2D eigenvalue weighted by atomic mass is 10.0. The van der Waals surface area contributed by atoms with Crippen molar-refractivity contribution in [3.8, 4) is 0 Å². The summed E-state index contributed by atoms with van der Waals surface area (Å²) in [5.41, 5.74) is -0.732. The van der Waals surface area contributed by atoms with Crippen LogP contribution in [0.2, 0.25) is 0 Å². The predicted molar refractivity (Wildman–Crippen MR) is 72.4 cm³/mol. The van der Waals surface area contributed by atoms with Crippen molar-refractivity contribution in [3.63, 3.8) is 0 Å². The van der Waals surface area contributed by atoms with Crippen molar-refractivity contribution in [3.05, 3.63) is 12.0 Å². The molecule has 1 N–H and O–H groups in total. The van der Waals surface area contributed by atoms with Gasteiger partial charge < -0.3 is 4.57 Å². The van der Waals surface area contributed by atoms with Gasteiger partial charge in [0.25, 0.3) is 10.0 Å². The monoisotopic (exact) mass is 293 g/mol. The molecule has 0 aliphatic rings. The van der Waals surface area contributed by atoms with Crippen molar-refractivity contribution in [1.29, 1.82) is 0 Å². The highest BCUT2D eigenvalue weighted by Crippen LogP contribution is 2.19. The number of imidazole rings is 1. The van der Waals surface area contributed by atoms with E-state index in [4.69, 9.17) is 11.6 Å². The molecule has 104 valence electrons. The maximum Gasteiger partial charge on any atom is 0.260 e. The topological polar surface area (TPSA) is 64.0 Å². The molecule has 0 amide bonds. The van der Waals surface area contributed by atoms with Gasteiger partial charge in [0, 0.05) is 23.7 Å². The van der Waals surface area contributed by atoms with Crippen molar-refractivity contribution in [2.75, 3.05) is 0 Å². The Labute approximate surface area is 114 Å². The zero-order chi connectivity index (χ0) is 14.1. The second kappa shape index (κ2) is 5.19. The van der Waals surface area contributed by atoms with Crippen LogP contribution in [0.3, 0.4) is 0 Å². The predicted octanol–water partition coefficient (Wildman–Crippen LogP) is 1.90. The lowest BCUT2D eigenvalue weighted by Gasteiger charge is -2.27. The molecule has 0 spiro atoms. The first-order chi connectivity index (χ1) is 8.10. The Balaban J connectivity index is 3.07. The standard InChI is InChI=1S/C11H20ClN3O2S/c1-6-15-7-10(13-9(15)3)18(16,17)14-11(4,5)8(2)12/h7-8,14H,6H2,1-5H3. The van der Waals surface area contributed by atoms with Gasteiger partial charge in [-0.05, 0) is 34.6 Å². The van der Waals surface area contributed by atoms with Crippen LogP contribution < -0.4 is 4.72 Å². The van der Waals surface area contributed by atoms with Crippen LogP contribution in [0.15, 0.2) is 11.2 Å². The molecule has 0 saturated carbocycles. The van der Waals surface area contributed by atoms with Gasteiger partial charge in [0.2, 0.25) is 0 Å². The molecule has 0 radical (unpaired) electrons. The van der Waals surface area contributed by atoms with Crippen LogP contribution in [-0.2, 0) is 16.6 Å². The molecule has 0 fully saturated rings. The first kappa shape index (κ1) is 15.5. The van der Waals surface area contributed by atoms with E-state index in [9.17, 15) is 8.42 Å². The van der Waals surface area contributed by atoms with Crippen LogP contribution >= 0.6 is 11.6 Å². The summed E-state index contributed by atoms with van der Waals surface area (Å²) in [7, 11) is -3.64. The molecule has 0 saturated heterocycles. The van der Waals surface area contributed by atoms with Gasteiger partial charge in [-0.25, -0.2) is 18.1 Å². The van der Waals surface area contributed by atoms with Gasteiger partial charge in [-0.1, -0.05) is 0 Å². The first-order valence-corrected chi connectivity index (χ1v) is 7.74. The third-order valence-electron chi connectivity index (χ3n) is 2.96. The van der Waals surface area contributed by atoms with Crippen molar-refractivity contribution in [2.24, 2.45) is 0 Å². The minimum absolute atomic E-state index is 0.0345. The number of sulfonamides is 1. The summed E-state index contributed by atoms with van der Waals surface area (Å²) in [5, 5.41) is -0.297. The van der Waals surface area contributed by atoms with E-state index in [-0.39, 0.29) is 10.4 Å². The fourth-order valence-electron chi connectivity index (χ4n) is 1.41. The highest BCUT2D eigenvalue weighted by Gasteiger charge is 2.31. The third-order valence-corrected chi connectivity index (χ3v) is 5.05. The van der Waals surface area contributed by atoms with E-state index in [1.165, 1.54) is 6.20 Å². The summed E-state index contributed by atoms with van der Waals surface area (Å²) in [6.45, 7) is 9.63. The largest absolute Gasteiger partial charge is 0.334 e. The first-order valence-electron chi connectivity index (χ1n) is 5.82. The fourth-order valence-corrected chi connectivity index (χ4v) is 3.02. The van der Waals surface area contributed by atoms with E-state index in [0.717, 1.165) is 0 Å². The van der Waals surface area contributed by atoms with Crippen LogP contribution in [0, 0.1) is 6.92 Å². The SMILES string of the molecule is CCn1cc(S(=O)(=O)NC(C)(C)C(C)Cl)nc1C. The van der Waals surface area contributed by atoms with E-state index in [1.807, 2.05) is 6.92 Å². The third kappa shape index (κ3) is 3.24. The van der Waals surface area contributed by atoms with Gasteiger partial charge in [0.05, 0.1) is 0 Å². The molecule has 0 aliphatic heterocycles. The van der Waals surface area contributed by atoms with Crippen molar-refractivity contribution >= 4 is 21.6 Å². The number of aryl methyl sites for hydroxylation is 2. The lowest BCUT2D eigenvalue weighted by molar-refractivity contribution is 0.444. The lowest BCUT2D eigenvalue weighted by Crippen LogP contribution is -2.48. The Hall–Kier alpha value is -0.590. The fraction of sp³-hybridized carbons (Fsp3) is 0.727. The van der Waals surface area contributed by atoms with Crippen molar-refractivity contribution < 1.29 is 8.42 Å². The summed E-state index contributed by atoms with van der Waals surface area (Å²) in [6.07, 6.45) is 1.53. The molecule has 7 heteroatoms. The summed E-state index contributed by atoms with van der Waals surface area (Å²) < 4.78 is 28.7. The molecule has 18 heavy (non-hydrogen) atoms. The average molecular weight is 294 g/mol. The smallest absolute Gasteiger partial charge is 0.260 e. The van der Waals surface area contributed by atoms with Gasteiger partial charge in [0.1, 0.15) is 5.82 Å². The summed E-state index contributed by atoms with van der Waals surface area (Å²) >= 11 is 5.97. The van der Waals surface area contributed by atoms with E-state index in [0.29, 0.717) is 12.4 Å². The van der Waals surface area contributed by atoms with Gasteiger partial charge >= 0.3 is 0 Å². The second-order valence-electron chi connectivity index (χ2n) is 4.86. The Morgan fingerprint density at radius 3 is 2.50 bits per heavy atom. The Kier molecular flexibility index (Phi) is 4.46. The van der Waals surface area contributed by atoms with Gasteiger partial charge in [-0.15, -0.1) is 11.6 Å². The highest BCUT2D eigenvalue weighted by molar-refractivity contribution is 7.89. The molecule has 1 aromatic rings. The van der Waals surface area contributed by atoms with Crippen molar-refractivity contribution in [2.45, 2.75) is 57.1 Å². The molecule has 5 nitrogen and oxygen atoms in total. The summed E-state index contributed by atoms with van der Waals surface area (Å²) in [4.78, 5) is 4.07. The quantitative estimate of drug-likeness (QED) is 0.843. The van der Waals surface area contributed by atoms with E-state index in [2.05, 4.69) is 9.71 Å². The molecule has 1 heterocycles. The van der Waals surface area contributed by atoms with Gasteiger partial charge in [-0.3, -0.25) is 0 Å². The number of rotatable bonds is 5. The van der Waals surface area contributed by atoms with E-state index >= 15 is 0 Å². The van der Waals surface area contributed by atoms with Crippen molar-refractivity contribution in [1.82, 2.24) is 14.3 Å². The molecule has 1 unspecified atom stereocenters. The van der Waals surface area contributed by atoms with Gasteiger partial charge in [0.15, 0.2) is 5.03 Å². The number of nitrogens with zero attached hydrogens (tertiary/aromatic N) is 2. The molecular formula is C11H20ClN3O2S.